The van der Waals surface area contributed by atoms with Gasteiger partial charge in [0.25, 0.3) is 0 Å². The second-order valence-corrected chi connectivity index (χ2v) is 10.4. The predicted molar refractivity (Wildman–Crippen MR) is 138 cm³/mol. The van der Waals surface area contributed by atoms with Crippen molar-refractivity contribution in [3.63, 3.8) is 0 Å². The molecule has 1 fully saturated rings. The van der Waals surface area contributed by atoms with Gasteiger partial charge in [-0.2, -0.15) is 11.8 Å². The number of likely N-dealkylation sites (tertiary alicyclic amines) is 1. The number of hydrogen-bond acceptors (Lipinski definition) is 6. The molecule has 0 spiro atoms. The van der Waals surface area contributed by atoms with Gasteiger partial charge in [-0.05, 0) is 49.7 Å². The van der Waals surface area contributed by atoms with Gasteiger partial charge in [-0.25, -0.2) is 4.79 Å². The Labute approximate surface area is 212 Å². The molecule has 0 aromatic heterocycles. The van der Waals surface area contributed by atoms with Gasteiger partial charge >= 0.3 is 6.09 Å². The molecule has 1 heterocycles. The molecule has 1 aliphatic rings. The maximum atomic E-state index is 13.4. The van der Waals surface area contributed by atoms with Gasteiger partial charge in [-0.3, -0.25) is 14.4 Å². The van der Waals surface area contributed by atoms with E-state index < -0.39 is 30.1 Å². The standard InChI is InChI=1S/C26H39N3O5S/c1-6-23(30)22(15-19-10-8-7-9-11-19)29-18(4)14-21(25(29)32)27-24(31)20(12-13-35-5)28-26(33)34-16-17(2)3/h7-11,17-18,20-22H,6,12-16H2,1-5H3,(H,27,31)(H,28,33). The van der Waals surface area contributed by atoms with E-state index in [4.69, 9.17) is 4.74 Å². The maximum absolute atomic E-state index is 13.4. The number of amides is 3. The molecule has 1 aromatic carbocycles. The fourth-order valence-corrected chi connectivity index (χ4v) is 4.65. The first kappa shape index (κ1) is 28.7. The van der Waals surface area contributed by atoms with E-state index >= 15 is 0 Å². The van der Waals surface area contributed by atoms with E-state index in [-0.39, 0.29) is 30.3 Å². The molecule has 0 radical (unpaired) electrons. The minimum absolute atomic E-state index is 0.00607. The largest absolute Gasteiger partial charge is 0.449 e. The van der Waals surface area contributed by atoms with E-state index in [0.717, 1.165) is 5.56 Å². The summed E-state index contributed by atoms with van der Waals surface area (Å²) in [5, 5.41) is 5.46. The first-order valence-corrected chi connectivity index (χ1v) is 13.7. The Balaban J connectivity index is 2.11. The molecule has 3 amide bonds. The SMILES string of the molecule is CCC(=O)C(Cc1ccccc1)N1C(=O)C(NC(=O)C(CCSC)NC(=O)OCC(C)C)CC1C. The summed E-state index contributed by atoms with van der Waals surface area (Å²) in [5.41, 5.74) is 0.980. The molecule has 2 N–H and O–H groups in total. The summed E-state index contributed by atoms with van der Waals surface area (Å²) in [7, 11) is 0. The second kappa shape index (κ2) is 14.1. The molecule has 4 unspecified atom stereocenters. The number of ether oxygens (including phenoxy) is 1. The van der Waals surface area contributed by atoms with Crippen molar-refractivity contribution in [2.45, 2.75) is 77.5 Å². The minimum atomic E-state index is -0.809. The Morgan fingerprint density at radius 3 is 2.49 bits per heavy atom. The van der Waals surface area contributed by atoms with Crippen LogP contribution in [0.5, 0.6) is 0 Å². The Morgan fingerprint density at radius 1 is 1.20 bits per heavy atom. The summed E-state index contributed by atoms with van der Waals surface area (Å²) in [6.07, 6.45) is 2.84. The van der Waals surface area contributed by atoms with Crippen LogP contribution in [-0.4, -0.2) is 71.4 Å². The van der Waals surface area contributed by atoms with Crippen LogP contribution in [0.3, 0.4) is 0 Å². The maximum Gasteiger partial charge on any atom is 0.407 e. The summed E-state index contributed by atoms with van der Waals surface area (Å²) in [6.45, 7) is 7.81. The first-order chi connectivity index (χ1) is 16.7. The molecule has 1 aliphatic heterocycles. The predicted octanol–water partition coefficient (Wildman–Crippen LogP) is 3.19. The lowest BCUT2D eigenvalue weighted by Gasteiger charge is -2.31. The van der Waals surface area contributed by atoms with Gasteiger partial charge in [0.1, 0.15) is 12.1 Å². The Bertz CT molecular complexity index is 864. The molecular weight excluding hydrogens is 466 g/mol. The van der Waals surface area contributed by atoms with E-state index in [1.807, 2.05) is 57.4 Å². The zero-order chi connectivity index (χ0) is 26.0. The summed E-state index contributed by atoms with van der Waals surface area (Å²) in [4.78, 5) is 53.1. The molecule has 0 bridgehead atoms. The summed E-state index contributed by atoms with van der Waals surface area (Å²) < 4.78 is 5.17. The minimum Gasteiger partial charge on any atom is -0.449 e. The smallest absolute Gasteiger partial charge is 0.407 e. The van der Waals surface area contributed by atoms with Crippen molar-refractivity contribution in [2.75, 3.05) is 18.6 Å². The van der Waals surface area contributed by atoms with Crippen LogP contribution in [0, 0.1) is 5.92 Å². The number of nitrogens with one attached hydrogen (secondary N) is 2. The molecular formula is C26H39N3O5S. The highest BCUT2D eigenvalue weighted by atomic mass is 32.2. The lowest BCUT2D eigenvalue weighted by atomic mass is 9.99. The number of ketones is 1. The molecule has 4 atom stereocenters. The number of alkyl carbamates (subject to hydrolysis) is 1. The number of carbonyl (C=O) groups is 4. The van der Waals surface area contributed by atoms with Crippen LogP contribution in [0.15, 0.2) is 30.3 Å². The third-order valence-electron chi connectivity index (χ3n) is 6.02. The number of nitrogens with zero attached hydrogens (tertiary/aromatic N) is 1. The highest BCUT2D eigenvalue weighted by Gasteiger charge is 2.44. The van der Waals surface area contributed by atoms with Crippen molar-refractivity contribution in [3.05, 3.63) is 35.9 Å². The van der Waals surface area contributed by atoms with Crippen molar-refractivity contribution < 1.29 is 23.9 Å². The fourth-order valence-electron chi connectivity index (χ4n) is 4.18. The summed E-state index contributed by atoms with van der Waals surface area (Å²) in [5.74, 6) is 0.147. The molecule has 1 saturated heterocycles. The number of thioether (sulfide) groups is 1. The van der Waals surface area contributed by atoms with Gasteiger partial charge in [0.2, 0.25) is 11.8 Å². The first-order valence-electron chi connectivity index (χ1n) is 12.3. The zero-order valence-corrected chi connectivity index (χ0v) is 22.2. The van der Waals surface area contributed by atoms with Crippen LogP contribution in [0.2, 0.25) is 0 Å². The van der Waals surface area contributed by atoms with E-state index in [0.29, 0.717) is 31.4 Å². The summed E-state index contributed by atoms with van der Waals surface area (Å²) in [6, 6.07) is 7.29. The van der Waals surface area contributed by atoms with Crippen LogP contribution < -0.4 is 10.6 Å². The number of carbonyl (C=O) groups excluding carboxylic acids is 4. The normalized spacial score (nSPS) is 19.4. The van der Waals surface area contributed by atoms with Crippen molar-refractivity contribution in [1.29, 1.82) is 0 Å². The van der Waals surface area contributed by atoms with Crippen molar-refractivity contribution in [1.82, 2.24) is 15.5 Å². The monoisotopic (exact) mass is 505 g/mol. The second-order valence-electron chi connectivity index (χ2n) is 9.39. The summed E-state index contributed by atoms with van der Waals surface area (Å²) >= 11 is 1.56. The number of Topliss-reactive ketones (excluding diaryl/α,β-unsaturated/α-hetero) is 1. The lowest BCUT2D eigenvalue weighted by molar-refractivity contribution is -0.140. The highest BCUT2D eigenvalue weighted by Crippen LogP contribution is 2.25. The van der Waals surface area contributed by atoms with Gasteiger partial charge < -0.3 is 20.3 Å². The van der Waals surface area contributed by atoms with Crippen molar-refractivity contribution in [2.24, 2.45) is 5.92 Å². The fraction of sp³-hybridized carbons (Fsp3) is 0.615. The van der Waals surface area contributed by atoms with Crippen LogP contribution in [-0.2, 0) is 25.5 Å². The topological polar surface area (TPSA) is 105 Å². The van der Waals surface area contributed by atoms with E-state index in [1.54, 1.807) is 23.6 Å². The van der Waals surface area contributed by atoms with Gasteiger partial charge in [0.15, 0.2) is 5.78 Å². The number of hydrogen-bond donors (Lipinski definition) is 2. The Morgan fingerprint density at radius 2 is 1.89 bits per heavy atom. The van der Waals surface area contributed by atoms with Crippen LogP contribution in [0.4, 0.5) is 4.79 Å². The molecule has 194 valence electrons. The van der Waals surface area contributed by atoms with Gasteiger partial charge in [-0.15, -0.1) is 0 Å². The third-order valence-corrected chi connectivity index (χ3v) is 6.66. The Hall–Kier alpha value is -2.55. The molecule has 0 saturated carbocycles. The molecule has 8 nitrogen and oxygen atoms in total. The molecule has 1 aromatic rings. The average molecular weight is 506 g/mol. The average Bonchev–Trinajstić information content (AvgIpc) is 3.11. The Kier molecular flexibility index (Phi) is 11.6. The van der Waals surface area contributed by atoms with Crippen LogP contribution >= 0.6 is 11.8 Å². The molecule has 35 heavy (non-hydrogen) atoms. The lowest BCUT2D eigenvalue weighted by Crippen LogP contribution is -2.53. The zero-order valence-electron chi connectivity index (χ0n) is 21.4. The van der Waals surface area contributed by atoms with Crippen molar-refractivity contribution in [3.8, 4) is 0 Å². The van der Waals surface area contributed by atoms with Gasteiger partial charge in [0, 0.05) is 12.5 Å². The van der Waals surface area contributed by atoms with Gasteiger partial charge in [0.05, 0.1) is 12.6 Å². The highest BCUT2D eigenvalue weighted by molar-refractivity contribution is 7.98. The van der Waals surface area contributed by atoms with Gasteiger partial charge in [-0.1, -0.05) is 51.1 Å². The molecule has 2 rings (SSSR count). The third kappa shape index (κ3) is 8.56. The molecule has 0 aliphatic carbocycles. The van der Waals surface area contributed by atoms with E-state index in [1.165, 1.54) is 0 Å². The number of benzene rings is 1. The quantitative estimate of drug-likeness (QED) is 0.427. The van der Waals surface area contributed by atoms with Crippen LogP contribution in [0.25, 0.3) is 0 Å². The van der Waals surface area contributed by atoms with E-state index in [9.17, 15) is 19.2 Å². The van der Waals surface area contributed by atoms with E-state index in [2.05, 4.69) is 10.6 Å². The van der Waals surface area contributed by atoms with Crippen molar-refractivity contribution >= 4 is 35.5 Å². The number of rotatable bonds is 13. The molecule has 9 heteroatoms. The van der Waals surface area contributed by atoms with Crippen LogP contribution in [0.1, 0.15) is 52.5 Å².